The Morgan fingerprint density at radius 1 is 1.35 bits per heavy atom. The molecule has 4 nitrogen and oxygen atoms in total. The van der Waals surface area contributed by atoms with Crippen molar-refractivity contribution >= 4 is 29.2 Å². The van der Waals surface area contributed by atoms with Crippen molar-refractivity contribution < 1.29 is 14.3 Å². The second kappa shape index (κ2) is 6.13. The largest absolute Gasteiger partial charge is 0.462 e. The highest BCUT2D eigenvalue weighted by molar-refractivity contribution is 8.04. The normalized spacial score (nSPS) is 14.7. The van der Waals surface area contributed by atoms with E-state index < -0.39 is 5.97 Å². The summed E-state index contributed by atoms with van der Waals surface area (Å²) < 4.78 is 4.94. The van der Waals surface area contributed by atoms with Crippen LogP contribution < -0.4 is 5.32 Å². The average Bonchev–Trinajstić information content (AvgIpc) is 2.75. The van der Waals surface area contributed by atoms with E-state index in [-0.39, 0.29) is 23.7 Å². The van der Waals surface area contributed by atoms with Crippen LogP contribution in [0.1, 0.15) is 18.1 Å². The molecule has 20 heavy (non-hydrogen) atoms. The van der Waals surface area contributed by atoms with Gasteiger partial charge in [0.1, 0.15) is 5.57 Å². The summed E-state index contributed by atoms with van der Waals surface area (Å²) in [5.41, 5.74) is 3.36. The summed E-state index contributed by atoms with van der Waals surface area (Å²) in [7, 11) is 0. The van der Waals surface area contributed by atoms with Gasteiger partial charge in [-0.15, -0.1) is 0 Å². The second-order valence-electron chi connectivity index (χ2n) is 4.56. The molecule has 1 aromatic carbocycles. The first-order valence-electron chi connectivity index (χ1n) is 6.44. The molecule has 1 aliphatic rings. The fourth-order valence-corrected chi connectivity index (χ4v) is 2.82. The number of carbonyl (C=O) groups excluding carboxylic acids is 2. The zero-order valence-corrected chi connectivity index (χ0v) is 12.6. The van der Waals surface area contributed by atoms with E-state index >= 15 is 0 Å². The maximum Gasteiger partial charge on any atom is 0.344 e. The van der Waals surface area contributed by atoms with Crippen LogP contribution in [0.15, 0.2) is 28.8 Å². The highest BCUT2D eigenvalue weighted by Gasteiger charge is 2.30. The lowest BCUT2D eigenvalue weighted by atomic mass is 10.1. The lowest BCUT2D eigenvalue weighted by molar-refractivity contribution is -0.139. The van der Waals surface area contributed by atoms with Gasteiger partial charge in [-0.2, -0.15) is 0 Å². The van der Waals surface area contributed by atoms with Crippen LogP contribution in [0.5, 0.6) is 0 Å². The van der Waals surface area contributed by atoms with Crippen LogP contribution >= 0.6 is 11.8 Å². The smallest absolute Gasteiger partial charge is 0.344 e. The first-order chi connectivity index (χ1) is 9.52. The van der Waals surface area contributed by atoms with Gasteiger partial charge in [-0.05, 0) is 44.0 Å². The van der Waals surface area contributed by atoms with Crippen LogP contribution in [0.25, 0.3) is 0 Å². The number of nitrogens with one attached hydrogen (secondary N) is 1. The molecule has 1 aromatic rings. The van der Waals surface area contributed by atoms with E-state index in [9.17, 15) is 9.59 Å². The highest BCUT2D eigenvalue weighted by Crippen LogP contribution is 2.31. The van der Waals surface area contributed by atoms with E-state index in [1.165, 1.54) is 17.3 Å². The van der Waals surface area contributed by atoms with Crippen molar-refractivity contribution in [2.45, 2.75) is 20.8 Å². The van der Waals surface area contributed by atoms with Gasteiger partial charge in [0, 0.05) is 5.69 Å². The van der Waals surface area contributed by atoms with Crippen molar-refractivity contribution in [1.29, 1.82) is 0 Å². The Hall–Kier alpha value is -1.75. The molecule has 0 spiro atoms. The molecule has 1 heterocycles. The summed E-state index contributed by atoms with van der Waals surface area (Å²) >= 11 is 1.34. The molecule has 0 saturated heterocycles. The van der Waals surface area contributed by atoms with Gasteiger partial charge in [0.05, 0.1) is 17.4 Å². The number of anilines is 1. The van der Waals surface area contributed by atoms with Gasteiger partial charge in [-0.25, -0.2) is 4.79 Å². The van der Waals surface area contributed by atoms with Crippen molar-refractivity contribution in [2.24, 2.45) is 0 Å². The molecule has 0 fully saturated rings. The molecule has 106 valence electrons. The van der Waals surface area contributed by atoms with Crippen molar-refractivity contribution in [3.8, 4) is 0 Å². The fraction of sp³-hybridized carbons (Fsp3) is 0.333. The third-order valence-electron chi connectivity index (χ3n) is 3.10. The Bertz CT molecular complexity index is 593. The molecular weight excluding hydrogens is 274 g/mol. The van der Waals surface area contributed by atoms with Crippen molar-refractivity contribution in [1.82, 2.24) is 0 Å². The van der Waals surface area contributed by atoms with Crippen LogP contribution in [0, 0.1) is 13.8 Å². The van der Waals surface area contributed by atoms with Gasteiger partial charge in [0.25, 0.3) is 0 Å². The van der Waals surface area contributed by atoms with E-state index in [4.69, 9.17) is 4.74 Å². The van der Waals surface area contributed by atoms with Crippen LogP contribution in [-0.2, 0) is 14.3 Å². The summed E-state index contributed by atoms with van der Waals surface area (Å²) in [6.45, 7) is 6.04. The molecule has 1 aliphatic heterocycles. The molecule has 0 unspecified atom stereocenters. The lowest BCUT2D eigenvalue weighted by Crippen LogP contribution is -2.16. The number of thioether (sulfide) groups is 1. The summed E-state index contributed by atoms with van der Waals surface area (Å²) in [6, 6.07) is 5.93. The number of esters is 1. The molecule has 0 amide bonds. The minimum Gasteiger partial charge on any atom is -0.462 e. The monoisotopic (exact) mass is 291 g/mol. The molecule has 0 aliphatic carbocycles. The number of carbonyl (C=O) groups is 2. The quantitative estimate of drug-likeness (QED) is 0.683. The molecule has 0 bridgehead atoms. The zero-order chi connectivity index (χ0) is 14.7. The molecular formula is C15H17NO3S. The SMILES string of the molecule is CCOC(=O)C1=C(Nc2ccc(C)c(C)c2)SCC1=O. The summed E-state index contributed by atoms with van der Waals surface area (Å²) in [4.78, 5) is 23.6. The number of rotatable bonds is 4. The Morgan fingerprint density at radius 2 is 2.10 bits per heavy atom. The molecule has 1 N–H and O–H groups in total. The second-order valence-corrected chi connectivity index (χ2v) is 5.55. The van der Waals surface area contributed by atoms with Crippen LogP contribution in [0.4, 0.5) is 5.69 Å². The standard InChI is InChI=1S/C15H17NO3S/c1-4-19-15(18)13-12(17)8-20-14(13)16-11-6-5-9(2)10(3)7-11/h5-7,16H,4,8H2,1-3H3. The highest BCUT2D eigenvalue weighted by atomic mass is 32.2. The van der Waals surface area contributed by atoms with Crippen LogP contribution in [0.2, 0.25) is 0 Å². The third kappa shape index (κ3) is 3.04. The Kier molecular flexibility index (Phi) is 4.49. The number of hydrogen-bond donors (Lipinski definition) is 1. The number of hydrogen-bond acceptors (Lipinski definition) is 5. The Morgan fingerprint density at radius 3 is 2.75 bits per heavy atom. The number of aryl methyl sites for hydroxylation is 2. The first kappa shape index (κ1) is 14.7. The van der Waals surface area contributed by atoms with Gasteiger partial charge in [-0.1, -0.05) is 17.8 Å². The molecule has 0 saturated carbocycles. The van der Waals surface area contributed by atoms with E-state index in [1.807, 2.05) is 32.0 Å². The maximum absolute atomic E-state index is 11.8. The van der Waals surface area contributed by atoms with Gasteiger partial charge in [0.15, 0.2) is 5.78 Å². The predicted octanol–water partition coefficient (Wildman–Crippen LogP) is 2.81. The number of Topliss-reactive ketones (excluding diaryl/α,β-unsaturated/α-hetero) is 1. The van der Waals surface area contributed by atoms with Crippen molar-refractivity contribution in [2.75, 3.05) is 17.7 Å². The van der Waals surface area contributed by atoms with Crippen molar-refractivity contribution in [3.63, 3.8) is 0 Å². The topological polar surface area (TPSA) is 55.4 Å². The molecule has 2 rings (SSSR count). The summed E-state index contributed by atoms with van der Waals surface area (Å²) in [5.74, 6) is -0.449. The van der Waals surface area contributed by atoms with Crippen molar-refractivity contribution in [3.05, 3.63) is 39.9 Å². The van der Waals surface area contributed by atoms with E-state index in [2.05, 4.69) is 5.32 Å². The lowest BCUT2D eigenvalue weighted by Gasteiger charge is -2.10. The van der Waals surface area contributed by atoms with Gasteiger partial charge >= 0.3 is 5.97 Å². The van der Waals surface area contributed by atoms with Crippen LogP contribution in [-0.4, -0.2) is 24.1 Å². The average molecular weight is 291 g/mol. The molecule has 5 heteroatoms. The number of benzene rings is 1. The Labute approximate surface area is 122 Å². The molecule has 0 aromatic heterocycles. The summed E-state index contributed by atoms with van der Waals surface area (Å²) in [6.07, 6.45) is 0. The minimum absolute atomic E-state index is 0.134. The van der Waals surface area contributed by atoms with Gasteiger partial charge in [-0.3, -0.25) is 4.79 Å². The van der Waals surface area contributed by atoms with Crippen LogP contribution in [0.3, 0.4) is 0 Å². The van der Waals surface area contributed by atoms with E-state index in [1.54, 1.807) is 6.92 Å². The zero-order valence-electron chi connectivity index (χ0n) is 11.8. The number of ether oxygens (including phenoxy) is 1. The molecule has 0 radical (unpaired) electrons. The van der Waals surface area contributed by atoms with Gasteiger partial charge < -0.3 is 10.1 Å². The van der Waals surface area contributed by atoms with E-state index in [0.29, 0.717) is 5.03 Å². The number of ketones is 1. The van der Waals surface area contributed by atoms with Gasteiger partial charge in [0.2, 0.25) is 0 Å². The Balaban J connectivity index is 2.27. The first-order valence-corrected chi connectivity index (χ1v) is 7.43. The summed E-state index contributed by atoms with van der Waals surface area (Å²) in [5, 5.41) is 3.73. The third-order valence-corrected chi connectivity index (χ3v) is 4.10. The fourth-order valence-electron chi connectivity index (χ4n) is 1.87. The minimum atomic E-state index is -0.547. The van der Waals surface area contributed by atoms with E-state index in [0.717, 1.165) is 11.3 Å². The maximum atomic E-state index is 11.8. The molecule has 0 atom stereocenters. The predicted molar refractivity (Wildman–Crippen MR) is 80.7 cm³/mol.